The normalized spacial score (nSPS) is 10.9. The van der Waals surface area contributed by atoms with Crippen molar-refractivity contribution < 1.29 is 33.3 Å². The van der Waals surface area contributed by atoms with Crippen LogP contribution < -0.4 is 16.0 Å². The Bertz CT molecular complexity index is 909. The third-order valence-electron chi connectivity index (χ3n) is 5.31. The molecule has 1 rings (SSSR count). The van der Waals surface area contributed by atoms with Crippen LogP contribution in [0.3, 0.4) is 0 Å². The summed E-state index contributed by atoms with van der Waals surface area (Å²) in [6.45, 7) is 14.0. The van der Waals surface area contributed by atoms with E-state index in [1.807, 2.05) is 38.1 Å². The van der Waals surface area contributed by atoms with Crippen LogP contribution in [-0.4, -0.2) is 96.5 Å². The number of nitrogens with one attached hydrogen (secondary N) is 3. The van der Waals surface area contributed by atoms with E-state index in [9.17, 15) is 9.59 Å². The summed E-state index contributed by atoms with van der Waals surface area (Å²) in [6.07, 6.45) is 1.45. The second kappa shape index (κ2) is 27.6. The summed E-state index contributed by atoms with van der Waals surface area (Å²) in [5.41, 5.74) is 0.957. The number of unbranched alkanes of at least 4 members (excludes halogenated alkanes) is 1. The second-order valence-corrected chi connectivity index (χ2v) is 12.3. The zero-order valence-corrected chi connectivity index (χ0v) is 27.9. The van der Waals surface area contributed by atoms with Crippen molar-refractivity contribution in [2.45, 2.75) is 57.9 Å². The molecule has 0 unspecified atom stereocenters. The van der Waals surface area contributed by atoms with Crippen LogP contribution >= 0.6 is 21.6 Å². The van der Waals surface area contributed by atoms with Crippen LogP contribution in [0.4, 0.5) is 4.79 Å². The van der Waals surface area contributed by atoms with Crippen LogP contribution in [-0.2, 0) is 34.9 Å². The molecule has 0 bridgehead atoms. The first-order valence-electron chi connectivity index (χ1n) is 14.9. The molecular formula is C31H51N3O7S2. The number of ether oxygens (including phenoxy) is 5. The number of hydrogen-bond donors (Lipinski definition) is 3. The van der Waals surface area contributed by atoms with Crippen LogP contribution in [0.2, 0.25) is 0 Å². The van der Waals surface area contributed by atoms with E-state index in [-0.39, 0.29) is 11.8 Å². The van der Waals surface area contributed by atoms with Gasteiger partial charge in [-0.3, -0.25) is 4.79 Å². The highest BCUT2D eigenvalue weighted by Gasteiger charge is 2.04. The highest BCUT2D eigenvalue weighted by Crippen LogP contribution is 2.31. The lowest BCUT2D eigenvalue weighted by Gasteiger charge is -2.09. The molecule has 0 spiro atoms. The zero-order valence-electron chi connectivity index (χ0n) is 26.2. The lowest BCUT2D eigenvalue weighted by atomic mass is 10.1. The minimum atomic E-state index is -0.441. The summed E-state index contributed by atoms with van der Waals surface area (Å²) in [4.78, 5) is 24.8. The number of hydrogen-bond acceptors (Lipinski definition) is 10. The molecule has 0 aliphatic heterocycles. The van der Waals surface area contributed by atoms with E-state index in [4.69, 9.17) is 23.7 Å². The standard InChI is InChI=1S/C31H51N3O7S2/c1-26(2)8-7-13-34-31(36)41-17-6-5-16-40-25-42-43-29-11-9-28(10-12-29)24-30(35)33-15-19-38-21-23-39-22-20-37-18-14-32-27(3)4/h9-12,26-27,32H,5-6,13-25H2,1-4H3,(H,33,35)(H,34,36). The number of benzene rings is 1. The topological polar surface area (TPSA) is 116 Å². The van der Waals surface area contributed by atoms with Gasteiger partial charge in [-0.05, 0) is 30.5 Å². The fraction of sp³-hybridized carbons (Fsp3) is 0.677. The number of amides is 2. The van der Waals surface area contributed by atoms with Crippen molar-refractivity contribution in [2.75, 3.05) is 78.4 Å². The Morgan fingerprint density at radius 1 is 0.791 bits per heavy atom. The molecule has 2 amide bonds. The molecule has 1 aromatic carbocycles. The van der Waals surface area contributed by atoms with E-state index in [0.29, 0.717) is 84.3 Å². The van der Waals surface area contributed by atoms with Gasteiger partial charge in [-0.25, -0.2) is 4.79 Å². The molecule has 0 saturated carbocycles. The molecule has 0 saturated heterocycles. The number of alkyl carbamates (subject to hydrolysis) is 1. The Morgan fingerprint density at radius 2 is 1.44 bits per heavy atom. The minimum Gasteiger partial charge on any atom is -0.450 e. The van der Waals surface area contributed by atoms with E-state index < -0.39 is 6.09 Å². The summed E-state index contributed by atoms with van der Waals surface area (Å²) in [5.74, 6) is 6.66. The van der Waals surface area contributed by atoms with Gasteiger partial charge in [0.1, 0.15) is 5.94 Å². The van der Waals surface area contributed by atoms with Crippen molar-refractivity contribution in [1.82, 2.24) is 16.0 Å². The molecule has 0 aliphatic carbocycles. The number of carbonyl (C=O) groups excluding carboxylic acids is 2. The lowest BCUT2D eigenvalue weighted by Crippen LogP contribution is -2.29. The first kappa shape index (κ1) is 39.0. The van der Waals surface area contributed by atoms with Crippen LogP contribution in [0.5, 0.6) is 0 Å². The molecular weight excluding hydrogens is 590 g/mol. The van der Waals surface area contributed by atoms with E-state index in [1.165, 1.54) is 0 Å². The van der Waals surface area contributed by atoms with E-state index >= 15 is 0 Å². The quantitative estimate of drug-likeness (QED) is 0.0619. The third-order valence-corrected chi connectivity index (χ3v) is 7.38. The van der Waals surface area contributed by atoms with Crippen molar-refractivity contribution in [1.29, 1.82) is 0 Å². The van der Waals surface area contributed by atoms with Crippen LogP contribution in [0.25, 0.3) is 0 Å². The summed E-state index contributed by atoms with van der Waals surface area (Å²) < 4.78 is 27.2. The van der Waals surface area contributed by atoms with Gasteiger partial charge in [0.15, 0.2) is 0 Å². The number of rotatable bonds is 25. The van der Waals surface area contributed by atoms with Crippen molar-refractivity contribution in [3.05, 3.63) is 29.8 Å². The van der Waals surface area contributed by atoms with Gasteiger partial charge in [0.2, 0.25) is 5.91 Å². The van der Waals surface area contributed by atoms with E-state index in [2.05, 4.69) is 41.6 Å². The minimum absolute atomic E-state index is 0.0332. The van der Waals surface area contributed by atoms with Gasteiger partial charge in [0.25, 0.3) is 0 Å². The molecule has 0 radical (unpaired) electrons. The molecule has 10 nitrogen and oxygen atoms in total. The molecule has 0 aromatic heterocycles. The fourth-order valence-corrected chi connectivity index (χ4v) is 4.92. The van der Waals surface area contributed by atoms with Gasteiger partial charge in [-0.2, -0.15) is 0 Å². The van der Waals surface area contributed by atoms with Gasteiger partial charge in [-0.15, -0.1) is 0 Å². The average molecular weight is 642 g/mol. The maximum Gasteiger partial charge on any atom is 0.407 e. The Morgan fingerprint density at radius 3 is 2.12 bits per heavy atom. The predicted molar refractivity (Wildman–Crippen MR) is 174 cm³/mol. The Balaban J connectivity index is 1.94. The fourth-order valence-electron chi connectivity index (χ4n) is 3.21. The number of carbonyl (C=O) groups is 2. The van der Waals surface area contributed by atoms with Gasteiger partial charge in [0.05, 0.1) is 59.2 Å². The monoisotopic (exact) mass is 641 g/mol. The molecule has 1 aromatic rings. The van der Waals surface area contributed by atoms with Gasteiger partial charge >= 0.3 is 6.09 Å². The van der Waals surface area contributed by atoms with E-state index in [1.54, 1.807) is 21.6 Å². The van der Waals surface area contributed by atoms with Crippen LogP contribution in [0.15, 0.2) is 29.2 Å². The van der Waals surface area contributed by atoms with Crippen LogP contribution in [0.1, 0.15) is 46.1 Å². The van der Waals surface area contributed by atoms with Crippen molar-refractivity contribution >= 4 is 33.6 Å². The predicted octanol–water partition coefficient (Wildman–Crippen LogP) is 4.27. The van der Waals surface area contributed by atoms with Gasteiger partial charge in [0, 0.05) is 36.6 Å². The van der Waals surface area contributed by atoms with Gasteiger partial charge < -0.3 is 39.6 Å². The summed E-state index contributed by atoms with van der Waals surface area (Å²) in [6, 6.07) is 8.42. The zero-order chi connectivity index (χ0) is 31.4. The molecule has 0 aliphatic rings. The molecule has 3 N–H and O–H groups in total. The maximum atomic E-state index is 12.2. The Kier molecular flexibility index (Phi) is 25.0. The summed E-state index contributed by atoms with van der Waals surface area (Å²) in [7, 11) is 3.24. The molecule has 0 fully saturated rings. The van der Waals surface area contributed by atoms with Crippen molar-refractivity contribution in [3.63, 3.8) is 0 Å². The van der Waals surface area contributed by atoms with Crippen LogP contribution in [0, 0.1) is 17.8 Å². The first-order valence-corrected chi connectivity index (χ1v) is 17.3. The molecule has 0 heterocycles. The SMILES string of the molecule is CC(C)C#CCNC(=O)OCCCCOCSSc1ccc(CC(=O)NCCOCCOCCOCCNC(C)C)cc1. The molecule has 244 valence electrons. The molecule has 12 heteroatoms. The molecule has 0 atom stereocenters. The molecule has 43 heavy (non-hydrogen) atoms. The summed E-state index contributed by atoms with van der Waals surface area (Å²) >= 11 is 0. The first-order chi connectivity index (χ1) is 20.9. The smallest absolute Gasteiger partial charge is 0.407 e. The highest BCUT2D eigenvalue weighted by atomic mass is 33.1. The lowest BCUT2D eigenvalue weighted by molar-refractivity contribution is -0.120. The second-order valence-electron chi connectivity index (χ2n) is 10.0. The largest absolute Gasteiger partial charge is 0.450 e. The Labute approximate surface area is 266 Å². The summed E-state index contributed by atoms with van der Waals surface area (Å²) in [5, 5.41) is 8.78. The average Bonchev–Trinajstić information content (AvgIpc) is 2.97. The third kappa shape index (κ3) is 26.2. The highest BCUT2D eigenvalue weighted by molar-refractivity contribution is 8.76. The van der Waals surface area contributed by atoms with Crippen molar-refractivity contribution in [3.8, 4) is 11.8 Å². The maximum absolute atomic E-state index is 12.2. The van der Waals surface area contributed by atoms with Crippen molar-refractivity contribution in [2.24, 2.45) is 5.92 Å². The van der Waals surface area contributed by atoms with Gasteiger partial charge in [-0.1, -0.05) is 73.3 Å². The Hall–Kier alpha value is -1.98. The van der Waals surface area contributed by atoms with E-state index in [0.717, 1.165) is 29.8 Å².